The lowest BCUT2D eigenvalue weighted by Crippen LogP contribution is -2.40. The lowest BCUT2D eigenvalue weighted by atomic mass is 9.93. The van der Waals surface area contributed by atoms with Gasteiger partial charge in [-0.3, -0.25) is 9.89 Å². The third-order valence-corrected chi connectivity index (χ3v) is 7.72. The number of piperidine rings is 2. The number of sulfonamides is 1. The Morgan fingerprint density at radius 3 is 2.57 bits per heavy atom. The molecule has 7 nitrogen and oxygen atoms in total. The topological polar surface area (TPSA) is 86.4 Å². The summed E-state index contributed by atoms with van der Waals surface area (Å²) in [6, 6.07) is 2.59. The molecule has 2 aromatic rings. The molecule has 1 N–H and O–H groups in total. The lowest BCUT2D eigenvalue weighted by molar-refractivity contribution is 0.0722. The van der Waals surface area contributed by atoms with E-state index in [0.29, 0.717) is 43.3 Å². The fourth-order valence-corrected chi connectivity index (χ4v) is 5.76. The highest BCUT2D eigenvalue weighted by Gasteiger charge is 2.34. The molecule has 30 heavy (non-hydrogen) atoms. The summed E-state index contributed by atoms with van der Waals surface area (Å²) in [6.07, 6.45) is 5.86. The van der Waals surface area contributed by atoms with Crippen molar-refractivity contribution < 1.29 is 22.0 Å². The number of nitrogens with one attached hydrogen (secondary N) is 1. The average molecular weight is 439 g/mol. The van der Waals surface area contributed by atoms with Gasteiger partial charge in [0.2, 0.25) is 10.0 Å². The highest BCUT2D eigenvalue weighted by molar-refractivity contribution is 7.89. The summed E-state index contributed by atoms with van der Waals surface area (Å²) in [6.45, 7) is 1.85. The summed E-state index contributed by atoms with van der Waals surface area (Å²) in [5.41, 5.74) is 1.12. The van der Waals surface area contributed by atoms with Crippen LogP contribution < -0.4 is 0 Å². The van der Waals surface area contributed by atoms with Crippen molar-refractivity contribution in [1.82, 2.24) is 19.4 Å². The number of aromatic nitrogens is 2. The minimum atomic E-state index is -3.98. The van der Waals surface area contributed by atoms with Gasteiger partial charge in [0.05, 0.1) is 22.3 Å². The van der Waals surface area contributed by atoms with Crippen LogP contribution in [0.25, 0.3) is 0 Å². The van der Waals surface area contributed by atoms with E-state index in [2.05, 4.69) is 10.2 Å². The first kappa shape index (κ1) is 20.9. The number of likely N-dealkylation sites (tertiary alicyclic amines) is 1. The average Bonchev–Trinajstić information content (AvgIpc) is 3.25. The zero-order valence-electron chi connectivity index (χ0n) is 16.5. The fourth-order valence-electron chi connectivity index (χ4n) is 4.23. The van der Waals surface area contributed by atoms with E-state index in [1.807, 2.05) is 4.90 Å². The first-order chi connectivity index (χ1) is 14.4. The molecule has 2 saturated heterocycles. The number of carbonyl (C=O) groups excluding carboxylic acids is 1. The Balaban J connectivity index is 1.55. The lowest BCUT2D eigenvalue weighted by Gasteiger charge is -2.32. The van der Waals surface area contributed by atoms with E-state index < -0.39 is 21.7 Å². The van der Waals surface area contributed by atoms with Crippen LogP contribution in [-0.4, -0.2) is 59.9 Å². The van der Waals surface area contributed by atoms with Gasteiger partial charge in [-0.2, -0.15) is 9.40 Å². The fraction of sp³-hybridized carbons (Fsp3) is 0.500. The minimum absolute atomic E-state index is 0.0842. The second-order valence-corrected chi connectivity index (χ2v) is 9.77. The number of H-pyrrole nitrogens is 1. The van der Waals surface area contributed by atoms with Crippen molar-refractivity contribution in [3.05, 3.63) is 47.3 Å². The number of rotatable bonds is 4. The van der Waals surface area contributed by atoms with Crippen LogP contribution in [-0.2, 0) is 10.0 Å². The molecule has 1 atom stereocenters. The van der Waals surface area contributed by atoms with E-state index in [-0.39, 0.29) is 29.8 Å². The summed E-state index contributed by atoms with van der Waals surface area (Å²) in [7, 11) is -3.98. The van der Waals surface area contributed by atoms with Crippen molar-refractivity contribution in [2.45, 2.75) is 42.9 Å². The Kier molecular flexibility index (Phi) is 5.88. The van der Waals surface area contributed by atoms with Crippen LogP contribution >= 0.6 is 0 Å². The Bertz CT molecular complexity index is 1030. The van der Waals surface area contributed by atoms with E-state index in [4.69, 9.17) is 0 Å². The summed E-state index contributed by atoms with van der Waals surface area (Å²) in [5.74, 6) is -2.61. The van der Waals surface area contributed by atoms with Crippen LogP contribution in [0.5, 0.6) is 0 Å². The number of nitrogens with zero attached hydrogens (tertiary/aromatic N) is 3. The third kappa shape index (κ3) is 3.98. The van der Waals surface area contributed by atoms with Gasteiger partial charge in [-0.1, -0.05) is 0 Å². The van der Waals surface area contributed by atoms with Crippen molar-refractivity contribution in [2.75, 3.05) is 26.2 Å². The molecule has 2 fully saturated rings. The van der Waals surface area contributed by atoms with Crippen molar-refractivity contribution in [3.63, 3.8) is 0 Å². The van der Waals surface area contributed by atoms with Gasteiger partial charge in [0.15, 0.2) is 11.6 Å². The van der Waals surface area contributed by atoms with E-state index >= 15 is 0 Å². The summed E-state index contributed by atoms with van der Waals surface area (Å²) in [5, 5.41) is 6.94. The van der Waals surface area contributed by atoms with Gasteiger partial charge >= 0.3 is 0 Å². The zero-order valence-corrected chi connectivity index (χ0v) is 17.3. The molecule has 0 spiro atoms. The third-order valence-electron chi connectivity index (χ3n) is 5.86. The zero-order chi connectivity index (χ0) is 21.3. The maximum absolute atomic E-state index is 13.6. The van der Waals surface area contributed by atoms with Crippen LogP contribution in [0, 0.1) is 11.6 Å². The van der Waals surface area contributed by atoms with E-state index in [0.717, 1.165) is 31.4 Å². The number of hydrogen-bond acceptors (Lipinski definition) is 4. The summed E-state index contributed by atoms with van der Waals surface area (Å²) in [4.78, 5) is 14.5. The highest BCUT2D eigenvalue weighted by Crippen LogP contribution is 2.32. The molecule has 2 aliphatic heterocycles. The molecule has 1 aromatic carbocycles. The van der Waals surface area contributed by atoms with Crippen molar-refractivity contribution >= 4 is 15.9 Å². The monoisotopic (exact) mass is 438 g/mol. The van der Waals surface area contributed by atoms with Crippen LogP contribution in [0.4, 0.5) is 8.78 Å². The Hall–Kier alpha value is -2.33. The number of carbonyl (C=O) groups is 1. The second-order valence-electron chi connectivity index (χ2n) is 7.83. The quantitative estimate of drug-likeness (QED) is 0.795. The molecular formula is C20H24F2N4O3S. The van der Waals surface area contributed by atoms with Gasteiger partial charge in [0, 0.05) is 32.1 Å². The number of halogens is 2. The van der Waals surface area contributed by atoms with E-state index in [1.165, 1.54) is 10.5 Å². The predicted octanol–water partition coefficient (Wildman–Crippen LogP) is 2.88. The number of aromatic amines is 1. The smallest absolute Gasteiger partial charge is 0.257 e. The molecule has 1 aromatic heterocycles. The maximum Gasteiger partial charge on any atom is 0.257 e. The second kappa shape index (κ2) is 8.43. The molecular weight excluding hydrogens is 414 g/mol. The molecule has 10 heteroatoms. The van der Waals surface area contributed by atoms with E-state index in [9.17, 15) is 22.0 Å². The van der Waals surface area contributed by atoms with Gasteiger partial charge in [-0.25, -0.2) is 17.2 Å². The predicted molar refractivity (Wildman–Crippen MR) is 105 cm³/mol. The van der Waals surface area contributed by atoms with Crippen LogP contribution in [0.1, 0.15) is 54.1 Å². The standard InChI is InChI=1S/C20H24F2N4O3S/c21-17-7-6-15(11-18(17)22)30(28,29)26-10-4-5-14(13-26)19-16(12-23-24-19)20(27)25-8-2-1-3-9-25/h6-7,11-12,14H,1-5,8-10,13H2,(H,23,24)/t14-/m0/s1. The Labute approximate surface area is 174 Å². The maximum atomic E-state index is 13.6. The molecule has 0 saturated carbocycles. The van der Waals surface area contributed by atoms with Crippen LogP contribution in [0.3, 0.4) is 0 Å². The van der Waals surface area contributed by atoms with Crippen LogP contribution in [0.2, 0.25) is 0 Å². The molecule has 3 heterocycles. The molecule has 0 aliphatic carbocycles. The van der Waals surface area contributed by atoms with Crippen molar-refractivity contribution in [2.24, 2.45) is 0 Å². The van der Waals surface area contributed by atoms with E-state index in [1.54, 1.807) is 0 Å². The summed E-state index contributed by atoms with van der Waals surface area (Å²) >= 11 is 0. The Morgan fingerprint density at radius 1 is 1.07 bits per heavy atom. The van der Waals surface area contributed by atoms with Gasteiger partial charge in [-0.15, -0.1) is 0 Å². The number of benzene rings is 1. The van der Waals surface area contributed by atoms with Gasteiger partial charge in [0.25, 0.3) is 5.91 Å². The molecule has 0 radical (unpaired) electrons. The summed E-state index contributed by atoms with van der Waals surface area (Å²) < 4.78 is 54.0. The molecule has 4 rings (SSSR count). The van der Waals surface area contributed by atoms with Gasteiger partial charge in [-0.05, 0) is 50.3 Å². The normalized spacial score (nSPS) is 21.0. The molecule has 1 amide bonds. The number of hydrogen-bond donors (Lipinski definition) is 1. The first-order valence-corrected chi connectivity index (χ1v) is 11.6. The van der Waals surface area contributed by atoms with Gasteiger partial charge < -0.3 is 4.90 Å². The molecule has 0 bridgehead atoms. The SMILES string of the molecule is O=C(c1cn[nH]c1[C@H]1CCCN(S(=O)(=O)c2ccc(F)c(F)c2)C1)N1CCCCC1. The Morgan fingerprint density at radius 2 is 1.83 bits per heavy atom. The van der Waals surface area contributed by atoms with Crippen molar-refractivity contribution in [3.8, 4) is 0 Å². The number of amides is 1. The first-order valence-electron chi connectivity index (χ1n) is 10.2. The highest BCUT2D eigenvalue weighted by atomic mass is 32.2. The molecule has 0 unspecified atom stereocenters. The largest absolute Gasteiger partial charge is 0.339 e. The minimum Gasteiger partial charge on any atom is -0.339 e. The van der Waals surface area contributed by atoms with Crippen molar-refractivity contribution in [1.29, 1.82) is 0 Å². The van der Waals surface area contributed by atoms with Crippen LogP contribution in [0.15, 0.2) is 29.3 Å². The van der Waals surface area contributed by atoms with Gasteiger partial charge in [0.1, 0.15) is 0 Å². The molecule has 2 aliphatic rings. The molecule has 162 valence electrons.